The molecule has 56 heavy (non-hydrogen) atoms. The standard InChI is InChI=1S/C27H26N2O2.C15H12F6N2O2/c1-2-19(20-11-3-7-15-24(20)30-26-17-9-5-13-22(26)28)21-12-4-8-16-25(21)31-27-18-10-6-14-23(27)29;16-14(17,18)13(15(19,20)21,7-1-3-11(24)9(22)5-7)8-2-4-12(25)10(23)6-8/h3-19H,2,28-29H2,1H3;1-6,24-25H,22-23H2. The largest absolute Gasteiger partial charge is 0.506 e. The Morgan fingerprint density at radius 1 is 0.482 bits per heavy atom. The fourth-order valence-corrected chi connectivity index (χ4v) is 6.27. The lowest BCUT2D eigenvalue weighted by Crippen LogP contribution is -2.54. The van der Waals surface area contributed by atoms with Crippen molar-refractivity contribution in [2.24, 2.45) is 0 Å². The third-order valence-electron chi connectivity index (χ3n) is 9.05. The Morgan fingerprint density at radius 3 is 1.14 bits per heavy atom. The lowest BCUT2D eigenvalue weighted by Gasteiger charge is -2.38. The Kier molecular flexibility index (Phi) is 11.8. The molecule has 10 N–H and O–H groups in total. The number of phenols is 2. The summed E-state index contributed by atoms with van der Waals surface area (Å²) in [5.74, 6) is 1.60. The molecular formula is C42H38F6N4O4. The van der Waals surface area contributed by atoms with E-state index in [9.17, 15) is 36.6 Å². The molecule has 0 saturated heterocycles. The summed E-state index contributed by atoms with van der Waals surface area (Å²) >= 11 is 0. The fourth-order valence-electron chi connectivity index (χ4n) is 6.27. The third kappa shape index (κ3) is 8.19. The summed E-state index contributed by atoms with van der Waals surface area (Å²) in [6, 6.07) is 34.2. The van der Waals surface area contributed by atoms with Crippen LogP contribution in [-0.2, 0) is 5.41 Å². The van der Waals surface area contributed by atoms with Gasteiger partial charge in [0.2, 0.25) is 5.41 Å². The van der Waals surface area contributed by atoms with Crippen molar-refractivity contribution in [2.45, 2.75) is 37.0 Å². The molecule has 0 aliphatic heterocycles. The highest BCUT2D eigenvalue weighted by Gasteiger charge is 2.72. The minimum atomic E-state index is -5.82. The van der Waals surface area contributed by atoms with E-state index in [4.69, 9.17) is 32.4 Å². The first-order chi connectivity index (χ1) is 26.5. The van der Waals surface area contributed by atoms with Crippen LogP contribution in [0.15, 0.2) is 133 Å². The van der Waals surface area contributed by atoms with E-state index >= 15 is 0 Å². The molecule has 0 aromatic heterocycles. The Balaban J connectivity index is 0.000000220. The SMILES string of the molecule is CCC(c1ccccc1Oc1ccccc1N)c1ccccc1Oc1ccccc1N.Nc1cc(C(c2ccc(O)c(N)c2)(C(F)(F)F)C(F)(F)F)ccc1O. The van der Waals surface area contributed by atoms with Crippen molar-refractivity contribution < 1.29 is 46.0 Å². The first-order valence-electron chi connectivity index (χ1n) is 17.0. The normalized spacial score (nSPS) is 11.8. The predicted molar refractivity (Wildman–Crippen MR) is 205 cm³/mol. The second kappa shape index (κ2) is 16.3. The van der Waals surface area contributed by atoms with Gasteiger partial charge >= 0.3 is 12.4 Å². The number of ether oxygens (including phenoxy) is 2. The highest BCUT2D eigenvalue weighted by molar-refractivity contribution is 5.62. The van der Waals surface area contributed by atoms with Crippen LogP contribution in [0.3, 0.4) is 0 Å². The summed E-state index contributed by atoms with van der Waals surface area (Å²) < 4.78 is 95.2. The Morgan fingerprint density at radius 2 is 0.821 bits per heavy atom. The summed E-state index contributed by atoms with van der Waals surface area (Å²) in [4.78, 5) is 0. The molecule has 0 unspecified atom stereocenters. The molecule has 14 heteroatoms. The van der Waals surface area contributed by atoms with E-state index in [0.717, 1.165) is 29.0 Å². The highest BCUT2D eigenvalue weighted by Crippen LogP contribution is 2.57. The number of halogens is 6. The number of phenolic OH excluding ortho intramolecular Hbond substituents is 2. The van der Waals surface area contributed by atoms with Crippen LogP contribution in [0.25, 0.3) is 0 Å². The molecule has 6 rings (SSSR count). The maximum atomic E-state index is 13.8. The predicted octanol–water partition coefficient (Wildman–Crippen LogP) is 10.7. The Hall–Kier alpha value is -6.70. The number of anilines is 4. The number of nitrogens with two attached hydrogens (primary N) is 4. The lowest BCUT2D eigenvalue weighted by atomic mass is 9.72. The van der Waals surface area contributed by atoms with Crippen LogP contribution in [0.1, 0.15) is 41.5 Å². The zero-order chi connectivity index (χ0) is 40.8. The summed E-state index contributed by atoms with van der Waals surface area (Å²) in [5.41, 5.74) is 17.9. The number of hydrogen-bond donors (Lipinski definition) is 6. The fraction of sp³-hybridized carbons (Fsp3) is 0.143. The van der Waals surface area contributed by atoms with Crippen molar-refractivity contribution in [3.05, 3.63) is 156 Å². The number of para-hydroxylation sites is 6. The number of aromatic hydroxyl groups is 2. The molecule has 6 aromatic rings. The average Bonchev–Trinajstić information content (AvgIpc) is 3.14. The molecule has 6 aromatic carbocycles. The van der Waals surface area contributed by atoms with E-state index in [1.807, 2.05) is 84.9 Å². The van der Waals surface area contributed by atoms with Crippen molar-refractivity contribution in [1.82, 2.24) is 0 Å². The van der Waals surface area contributed by atoms with Gasteiger partial charge in [-0.3, -0.25) is 0 Å². The van der Waals surface area contributed by atoms with Gasteiger partial charge in [0.25, 0.3) is 0 Å². The molecule has 0 bridgehead atoms. The van der Waals surface area contributed by atoms with E-state index < -0.39 is 51.8 Å². The second-order valence-electron chi connectivity index (χ2n) is 12.6. The molecule has 8 nitrogen and oxygen atoms in total. The first-order valence-corrected chi connectivity index (χ1v) is 17.0. The number of rotatable bonds is 9. The highest BCUT2D eigenvalue weighted by atomic mass is 19.4. The Labute approximate surface area is 318 Å². The van der Waals surface area contributed by atoms with E-state index in [2.05, 4.69) is 19.1 Å². The molecule has 0 aliphatic rings. The van der Waals surface area contributed by atoms with Crippen LogP contribution < -0.4 is 32.4 Å². The number of nitrogen functional groups attached to an aromatic ring is 4. The van der Waals surface area contributed by atoms with Gasteiger partial charge in [0.1, 0.15) is 34.5 Å². The van der Waals surface area contributed by atoms with Gasteiger partial charge in [-0.25, -0.2) is 0 Å². The zero-order valence-electron chi connectivity index (χ0n) is 29.8. The molecule has 0 saturated carbocycles. The smallest absolute Gasteiger partial charge is 0.411 e. The van der Waals surface area contributed by atoms with Gasteiger partial charge in [0, 0.05) is 17.0 Å². The van der Waals surface area contributed by atoms with Crippen LogP contribution in [0.4, 0.5) is 49.1 Å². The van der Waals surface area contributed by atoms with Crippen molar-refractivity contribution in [1.29, 1.82) is 0 Å². The van der Waals surface area contributed by atoms with Gasteiger partial charge < -0.3 is 42.6 Å². The van der Waals surface area contributed by atoms with Crippen LogP contribution in [0.2, 0.25) is 0 Å². The number of hydrogen-bond acceptors (Lipinski definition) is 8. The molecule has 0 spiro atoms. The van der Waals surface area contributed by atoms with Gasteiger partial charge in [0.05, 0.1) is 22.7 Å². The van der Waals surface area contributed by atoms with Gasteiger partial charge in [-0.15, -0.1) is 0 Å². The summed E-state index contributed by atoms with van der Waals surface area (Å²) in [5, 5.41) is 18.7. The van der Waals surface area contributed by atoms with Gasteiger partial charge in [-0.1, -0.05) is 79.7 Å². The van der Waals surface area contributed by atoms with Crippen molar-refractivity contribution in [3.63, 3.8) is 0 Å². The summed E-state index contributed by atoms with van der Waals surface area (Å²) in [7, 11) is 0. The monoisotopic (exact) mass is 776 g/mol. The maximum Gasteiger partial charge on any atom is 0.411 e. The first kappa shape index (κ1) is 40.5. The quantitative estimate of drug-likeness (QED) is 0.0480. The molecule has 0 amide bonds. The van der Waals surface area contributed by atoms with Gasteiger partial charge in [0.15, 0.2) is 0 Å². The molecule has 0 radical (unpaired) electrons. The number of benzene rings is 6. The van der Waals surface area contributed by atoms with Crippen molar-refractivity contribution >= 4 is 22.7 Å². The van der Waals surface area contributed by atoms with E-state index in [1.165, 1.54) is 0 Å². The van der Waals surface area contributed by atoms with E-state index in [-0.39, 0.29) is 5.92 Å². The number of alkyl halides is 6. The minimum Gasteiger partial charge on any atom is -0.506 e. The molecular weight excluding hydrogens is 738 g/mol. The molecule has 0 fully saturated rings. The van der Waals surface area contributed by atoms with Crippen molar-refractivity contribution in [3.8, 4) is 34.5 Å². The topological polar surface area (TPSA) is 163 Å². The summed E-state index contributed by atoms with van der Waals surface area (Å²) in [6.45, 7) is 2.16. The second-order valence-corrected chi connectivity index (χ2v) is 12.6. The van der Waals surface area contributed by atoms with E-state index in [0.29, 0.717) is 59.3 Å². The van der Waals surface area contributed by atoms with Crippen LogP contribution in [0.5, 0.6) is 34.5 Å². The Bertz CT molecular complexity index is 2140. The third-order valence-corrected chi connectivity index (χ3v) is 9.05. The molecule has 0 aliphatic carbocycles. The zero-order valence-corrected chi connectivity index (χ0v) is 29.8. The van der Waals surface area contributed by atoms with Crippen LogP contribution in [0, 0.1) is 0 Å². The molecule has 0 atom stereocenters. The van der Waals surface area contributed by atoms with E-state index in [1.54, 1.807) is 0 Å². The maximum absolute atomic E-state index is 13.8. The molecule has 292 valence electrons. The lowest BCUT2D eigenvalue weighted by molar-refractivity contribution is -0.288. The van der Waals surface area contributed by atoms with Crippen LogP contribution >= 0.6 is 0 Å². The van der Waals surface area contributed by atoms with Gasteiger partial charge in [-0.05, 0) is 78.2 Å². The average molecular weight is 777 g/mol. The summed E-state index contributed by atoms with van der Waals surface area (Å²) in [6.07, 6.45) is -10.8. The minimum absolute atomic E-state index is 0.0715. The molecule has 0 heterocycles. The van der Waals surface area contributed by atoms with Crippen LogP contribution in [-0.4, -0.2) is 22.6 Å². The van der Waals surface area contributed by atoms with Gasteiger partial charge in [-0.2, -0.15) is 26.3 Å². The van der Waals surface area contributed by atoms with Crippen molar-refractivity contribution in [2.75, 3.05) is 22.9 Å².